The van der Waals surface area contributed by atoms with Gasteiger partial charge < -0.3 is 10.4 Å². The number of alkyl halides is 3. The Morgan fingerprint density at radius 1 is 1.12 bits per heavy atom. The van der Waals surface area contributed by atoms with Gasteiger partial charge in [-0.2, -0.15) is 13.2 Å². The highest BCUT2D eigenvalue weighted by molar-refractivity contribution is 5.87. The summed E-state index contributed by atoms with van der Waals surface area (Å²) in [6.45, 7) is 1.13. The Balaban J connectivity index is 1.62. The molecule has 1 saturated carbocycles. The molecule has 132 valence electrons. The zero-order chi connectivity index (χ0) is 18.1. The van der Waals surface area contributed by atoms with Gasteiger partial charge in [0, 0.05) is 18.5 Å². The van der Waals surface area contributed by atoms with Crippen LogP contribution in [0.1, 0.15) is 39.9 Å². The molecule has 0 spiro atoms. The van der Waals surface area contributed by atoms with E-state index in [2.05, 4.69) is 5.32 Å². The first-order chi connectivity index (χ1) is 11.8. The lowest BCUT2D eigenvalue weighted by molar-refractivity contribution is -0.137. The number of hydrogen-bond donors (Lipinski definition) is 2. The van der Waals surface area contributed by atoms with Gasteiger partial charge in [-0.15, -0.1) is 0 Å². The van der Waals surface area contributed by atoms with Gasteiger partial charge in [-0.3, -0.25) is 0 Å². The van der Waals surface area contributed by atoms with Gasteiger partial charge in [0.2, 0.25) is 0 Å². The van der Waals surface area contributed by atoms with Crippen molar-refractivity contribution in [3.8, 4) is 0 Å². The molecule has 3 rings (SSSR count). The second-order valence-electron chi connectivity index (χ2n) is 6.46. The number of aromatic carboxylic acids is 1. The van der Waals surface area contributed by atoms with E-state index in [0.29, 0.717) is 13.1 Å². The molecule has 0 atom stereocenters. The molecule has 0 unspecified atom stereocenters. The van der Waals surface area contributed by atoms with Crippen molar-refractivity contribution in [3.05, 3.63) is 70.8 Å². The molecule has 2 N–H and O–H groups in total. The van der Waals surface area contributed by atoms with Gasteiger partial charge >= 0.3 is 12.1 Å². The van der Waals surface area contributed by atoms with Crippen LogP contribution in [-0.2, 0) is 18.1 Å². The molecule has 1 fully saturated rings. The lowest BCUT2D eigenvalue weighted by Gasteiger charge is -2.18. The maximum absolute atomic E-state index is 12.9. The number of benzene rings is 2. The minimum Gasteiger partial charge on any atom is -0.478 e. The van der Waals surface area contributed by atoms with Crippen molar-refractivity contribution in [1.82, 2.24) is 5.32 Å². The lowest BCUT2D eigenvalue weighted by atomic mass is 9.94. The Kier molecular flexibility index (Phi) is 4.56. The van der Waals surface area contributed by atoms with Crippen LogP contribution >= 0.6 is 0 Å². The summed E-state index contributed by atoms with van der Waals surface area (Å²) >= 11 is 0. The van der Waals surface area contributed by atoms with E-state index in [0.717, 1.165) is 30.0 Å². The maximum Gasteiger partial charge on any atom is 0.416 e. The van der Waals surface area contributed by atoms with Crippen LogP contribution < -0.4 is 5.32 Å². The van der Waals surface area contributed by atoms with Crippen LogP contribution in [0.5, 0.6) is 0 Å². The topological polar surface area (TPSA) is 49.3 Å². The number of halogens is 3. The number of carbonyl (C=O) groups is 1. The van der Waals surface area contributed by atoms with E-state index in [1.54, 1.807) is 30.3 Å². The molecule has 2 aromatic carbocycles. The molecule has 0 radical (unpaired) electrons. The summed E-state index contributed by atoms with van der Waals surface area (Å²) in [5.74, 6) is -0.971. The number of rotatable bonds is 6. The van der Waals surface area contributed by atoms with E-state index in [1.165, 1.54) is 12.1 Å². The quantitative estimate of drug-likeness (QED) is 0.821. The first kappa shape index (κ1) is 17.5. The van der Waals surface area contributed by atoms with Crippen molar-refractivity contribution >= 4 is 5.97 Å². The molecule has 6 heteroatoms. The molecule has 2 aromatic rings. The summed E-state index contributed by atoms with van der Waals surface area (Å²) in [5.41, 5.74) is 1.04. The van der Waals surface area contributed by atoms with Crippen molar-refractivity contribution in [3.63, 3.8) is 0 Å². The fourth-order valence-corrected chi connectivity index (χ4v) is 2.96. The molecule has 0 heterocycles. The van der Waals surface area contributed by atoms with E-state index < -0.39 is 17.7 Å². The zero-order valence-corrected chi connectivity index (χ0v) is 13.4. The molecule has 25 heavy (non-hydrogen) atoms. The van der Waals surface area contributed by atoms with E-state index in [1.807, 2.05) is 0 Å². The summed E-state index contributed by atoms with van der Waals surface area (Å²) in [5, 5.41) is 12.2. The maximum atomic E-state index is 12.9. The number of carboxylic acid groups (broad SMARTS) is 1. The lowest BCUT2D eigenvalue weighted by Crippen LogP contribution is -2.27. The SMILES string of the molecule is O=C(O)c1ccc(CNCC2(c3cccc(C(F)(F)F)c3)CC2)cc1. The standard InChI is InChI=1S/C19H18F3NO2/c20-19(21,22)16-3-1-2-15(10-16)18(8-9-18)12-23-11-13-4-6-14(7-5-13)17(24)25/h1-7,10,23H,8-9,11-12H2,(H,24,25). The van der Waals surface area contributed by atoms with Crippen LogP contribution in [0, 0.1) is 0 Å². The zero-order valence-electron chi connectivity index (χ0n) is 13.4. The van der Waals surface area contributed by atoms with E-state index in [-0.39, 0.29) is 11.0 Å². The normalized spacial score (nSPS) is 15.8. The van der Waals surface area contributed by atoms with Crippen molar-refractivity contribution < 1.29 is 23.1 Å². The summed E-state index contributed by atoms with van der Waals surface area (Å²) < 4.78 is 38.6. The van der Waals surface area contributed by atoms with Gasteiger partial charge in [0.15, 0.2) is 0 Å². The number of nitrogens with one attached hydrogen (secondary N) is 1. The Bertz CT molecular complexity index is 765. The molecular formula is C19H18F3NO2. The molecule has 1 aliphatic carbocycles. The van der Waals surface area contributed by atoms with Crippen LogP contribution in [0.15, 0.2) is 48.5 Å². The van der Waals surface area contributed by atoms with Gasteiger partial charge in [-0.1, -0.05) is 30.3 Å². The summed E-state index contributed by atoms with van der Waals surface area (Å²) in [7, 11) is 0. The molecule has 3 nitrogen and oxygen atoms in total. The third kappa shape index (κ3) is 4.02. The van der Waals surface area contributed by atoms with Crippen molar-refractivity contribution in [1.29, 1.82) is 0 Å². The highest BCUT2D eigenvalue weighted by Gasteiger charge is 2.44. The smallest absolute Gasteiger partial charge is 0.416 e. The highest BCUT2D eigenvalue weighted by atomic mass is 19.4. The van der Waals surface area contributed by atoms with Crippen LogP contribution in [0.3, 0.4) is 0 Å². The fourth-order valence-electron chi connectivity index (χ4n) is 2.96. The van der Waals surface area contributed by atoms with Crippen LogP contribution in [0.25, 0.3) is 0 Å². The van der Waals surface area contributed by atoms with Gasteiger partial charge in [0.25, 0.3) is 0 Å². The van der Waals surface area contributed by atoms with E-state index >= 15 is 0 Å². The first-order valence-corrected chi connectivity index (χ1v) is 8.01. The summed E-state index contributed by atoms with van der Waals surface area (Å²) in [6, 6.07) is 12.1. The minimum atomic E-state index is -4.33. The molecular weight excluding hydrogens is 331 g/mol. The highest BCUT2D eigenvalue weighted by Crippen LogP contribution is 2.48. The molecule has 1 aliphatic rings. The Hall–Kier alpha value is -2.34. The summed E-state index contributed by atoms with van der Waals surface area (Å²) in [4.78, 5) is 10.8. The second kappa shape index (κ2) is 6.52. The monoisotopic (exact) mass is 349 g/mol. The average Bonchev–Trinajstić information content (AvgIpc) is 3.36. The molecule has 0 aromatic heterocycles. The molecule has 0 bridgehead atoms. The second-order valence-corrected chi connectivity index (χ2v) is 6.46. The Morgan fingerprint density at radius 2 is 1.80 bits per heavy atom. The Morgan fingerprint density at radius 3 is 2.36 bits per heavy atom. The third-order valence-corrected chi connectivity index (χ3v) is 4.65. The van der Waals surface area contributed by atoms with Crippen molar-refractivity contribution in [2.45, 2.75) is 31.0 Å². The summed E-state index contributed by atoms with van der Waals surface area (Å²) in [6.07, 6.45) is -2.61. The van der Waals surface area contributed by atoms with Crippen LogP contribution in [0.4, 0.5) is 13.2 Å². The predicted octanol–water partition coefficient (Wildman–Crippen LogP) is 4.23. The molecule has 0 amide bonds. The van der Waals surface area contributed by atoms with Gasteiger partial charge in [0.05, 0.1) is 11.1 Å². The first-order valence-electron chi connectivity index (χ1n) is 8.01. The number of carboxylic acids is 1. The van der Waals surface area contributed by atoms with Gasteiger partial charge in [-0.05, 0) is 42.2 Å². The molecule has 0 aliphatic heterocycles. The van der Waals surface area contributed by atoms with E-state index in [9.17, 15) is 18.0 Å². The van der Waals surface area contributed by atoms with Crippen LogP contribution in [0.2, 0.25) is 0 Å². The average molecular weight is 349 g/mol. The minimum absolute atomic E-state index is 0.228. The molecule has 0 saturated heterocycles. The fraction of sp³-hybridized carbons (Fsp3) is 0.316. The number of hydrogen-bond acceptors (Lipinski definition) is 2. The van der Waals surface area contributed by atoms with Crippen molar-refractivity contribution in [2.24, 2.45) is 0 Å². The largest absolute Gasteiger partial charge is 0.478 e. The van der Waals surface area contributed by atoms with Crippen LogP contribution in [-0.4, -0.2) is 17.6 Å². The van der Waals surface area contributed by atoms with Gasteiger partial charge in [0.1, 0.15) is 0 Å². The predicted molar refractivity (Wildman–Crippen MR) is 87.5 cm³/mol. The van der Waals surface area contributed by atoms with Gasteiger partial charge in [-0.25, -0.2) is 4.79 Å². The third-order valence-electron chi connectivity index (χ3n) is 4.65. The van der Waals surface area contributed by atoms with E-state index in [4.69, 9.17) is 5.11 Å². The van der Waals surface area contributed by atoms with Crippen molar-refractivity contribution in [2.75, 3.05) is 6.54 Å². The Labute approximate surface area is 143 Å².